The van der Waals surface area contributed by atoms with E-state index in [-0.39, 0.29) is 11.8 Å². The minimum Gasteiger partial charge on any atom is -0.353 e. The van der Waals surface area contributed by atoms with Crippen molar-refractivity contribution in [2.75, 3.05) is 11.8 Å². The summed E-state index contributed by atoms with van der Waals surface area (Å²) in [5, 5.41) is 6.34. The molecule has 2 N–H and O–H groups in total. The molecule has 2 rings (SSSR count). The Balaban J connectivity index is 1.57. The molecule has 0 saturated heterocycles. The van der Waals surface area contributed by atoms with Crippen LogP contribution in [0.15, 0.2) is 0 Å². The summed E-state index contributed by atoms with van der Waals surface area (Å²) in [6.45, 7) is 0. The van der Waals surface area contributed by atoms with Crippen LogP contribution in [0.25, 0.3) is 0 Å². The number of rotatable bonds is 10. The number of carbonyl (C=O) groups excluding carboxylic acids is 2. The van der Waals surface area contributed by atoms with E-state index in [4.69, 9.17) is 23.2 Å². The average molecular weight is 419 g/mol. The van der Waals surface area contributed by atoms with Gasteiger partial charge in [-0.05, 0) is 82.5 Å². The van der Waals surface area contributed by atoms with Gasteiger partial charge in [-0.3, -0.25) is 9.59 Å². The maximum atomic E-state index is 11.8. The quantitative estimate of drug-likeness (QED) is 0.502. The van der Waals surface area contributed by atoms with E-state index >= 15 is 0 Å². The molecule has 0 aliphatic heterocycles. The van der Waals surface area contributed by atoms with Crippen molar-refractivity contribution < 1.29 is 9.59 Å². The van der Waals surface area contributed by atoms with E-state index in [9.17, 15) is 9.59 Å². The van der Waals surface area contributed by atoms with Crippen LogP contribution >= 0.6 is 23.2 Å². The Bertz CT molecular complexity index is 405. The Morgan fingerprint density at radius 3 is 1.37 bits per heavy atom. The van der Waals surface area contributed by atoms with Crippen molar-refractivity contribution in [3.63, 3.8) is 0 Å². The SMILES string of the molecule is O=C(CCCCl)NC1CCC(CC2CCC(NC(=O)CCCCl)CC2)CC1. The summed E-state index contributed by atoms with van der Waals surface area (Å²) < 4.78 is 0. The molecular formula is C21H36Cl2N2O2. The number of hydrogen-bond donors (Lipinski definition) is 2. The van der Waals surface area contributed by atoms with Crippen LogP contribution in [0.1, 0.15) is 83.5 Å². The van der Waals surface area contributed by atoms with Gasteiger partial charge in [-0.2, -0.15) is 0 Å². The molecule has 156 valence electrons. The van der Waals surface area contributed by atoms with Crippen LogP contribution in [0.4, 0.5) is 0 Å². The summed E-state index contributed by atoms with van der Waals surface area (Å²) in [5.74, 6) is 3.04. The molecule has 27 heavy (non-hydrogen) atoms. The number of carbonyl (C=O) groups is 2. The fourth-order valence-electron chi connectivity index (χ4n) is 4.61. The van der Waals surface area contributed by atoms with Crippen molar-refractivity contribution in [3.8, 4) is 0 Å². The monoisotopic (exact) mass is 418 g/mol. The van der Waals surface area contributed by atoms with Crippen molar-refractivity contribution in [2.45, 2.75) is 95.6 Å². The normalized spacial score (nSPS) is 28.5. The predicted octanol–water partition coefficient (Wildman–Crippen LogP) is 4.76. The van der Waals surface area contributed by atoms with Crippen LogP contribution in [0, 0.1) is 11.8 Å². The van der Waals surface area contributed by atoms with E-state index in [0.717, 1.165) is 50.4 Å². The highest BCUT2D eigenvalue weighted by molar-refractivity contribution is 6.18. The smallest absolute Gasteiger partial charge is 0.220 e. The van der Waals surface area contributed by atoms with Crippen molar-refractivity contribution in [3.05, 3.63) is 0 Å². The molecule has 2 aliphatic rings. The Labute approximate surface area is 174 Å². The Morgan fingerprint density at radius 2 is 1.04 bits per heavy atom. The van der Waals surface area contributed by atoms with Crippen LogP contribution in [0.2, 0.25) is 0 Å². The highest BCUT2D eigenvalue weighted by Gasteiger charge is 2.27. The maximum Gasteiger partial charge on any atom is 0.220 e. The van der Waals surface area contributed by atoms with E-state index < -0.39 is 0 Å². The van der Waals surface area contributed by atoms with Gasteiger partial charge in [0.25, 0.3) is 0 Å². The average Bonchev–Trinajstić information content (AvgIpc) is 2.68. The van der Waals surface area contributed by atoms with Gasteiger partial charge in [0.2, 0.25) is 11.8 Å². The molecule has 0 unspecified atom stereocenters. The van der Waals surface area contributed by atoms with Gasteiger partial charge in [0, 0.05) is 36.7 Å². The molecular weight excluding hydrogens is 383 g/mol. The van der Waals surface area contributed by atoms with Crippen LogP contribution < -0.4 is 10.6 Å². The zero-order chi connectivity index (χ0) is 19.5. The number of amides is 2. The molecule has 0 spiro atoms. The standard InChI is InChI=1S/C21H36Cl2N2O2/c22-13-1-3-20(26)24-18-9-5-16(6-10-18)15-17-7-11-19(12-8-17)25-21(27)4-2-14-23/h16-19H,1-15H2,(H,24,26)(H,25,27). The molecule has 0 aromatic heterocycles. The second kappa shape index (κ2) is 12.9. The second-order valence-corrected chi connectivity index (χ2v) is 9.15. The molecule has 0 bridgehead atoms. The fraction of sp³-hybridized carbons (Fsp3) is 0.905. The molecule has 2 aliphatic carbocycles. The molecule has 6 heteroatoms. The third kappa shape index (κ3) is 9.04. The summed E-state index contributed by atoms with van der Waals surface area (Å²) in [6, 6.07) is 0.728. The first-order valence-electron chi connectivity index (χ1n) is 10.8. The van der Waals surface area contributed by atoms with Crippen LogP contribution in [0.3, 0.4) is 0 Å². The molecule has 0 aromatic rings. The lowest BCUT2D eigenvalue weighted by atomic mass is 9.75. The summed E-state index contributed by atoms with van der Waals surface area (Å²) in [6.07, 6.45) is 13.3. The largest absolute Gasteiger partial charge is 0.353 e. The van der Waals surface area contributed by atoms with Crippen LogP contribution in [0.5, 0.6) is 0 Å². The molecule has 2 fully saturated rings. The zero-order valence-electron chi connectivity index (χ0n) is 16.5. The molecule has 4 nitrogen and oxygen atoms in total. The molecule has 2 amide bonds. The Kier molecular flexibility index (Phi) is 10.9. The number of halogens is 2. The summed E-state index contributed by atoms with van der Waals surface area (Å²) in [4.78, 5) is 23.7. The first kappa shape index (κ1) is 22.8. The van der Waals surface area contributed by atoms with Gasteiger partial charge in [0.15, 0.2) is 0 Å². The molecule has 0 aromatic carbocycles. The first-order valence-corrected chi connectivity index (χ1v) is 11.9. The third-order valence-electron chi connectivity index (χ3n) is 6.17. The third-order valence-corrected chi connectivity index (χ3v) is 6.70. The lowest BCUT2D eigenvalue weighted by Crippen LogP contribution is -2.39. The van der Waals surface area contributed by atoms with Crippen molar-refractivity contribution in [1.29, 1.82) is 0 Å². The summed E-state index contributed by atoms with van der Waals surface area (Å²) in [5.41, 5.74) is 0. The van der Waals surface area contributed by atoms with E-state index in [1.165, 1.54) is 32.1 Å². The highest BCUT2D eigenvalue weighted by atomic mass is 35.5. The summed E-state index contributed by atoms with van der Waals surface area (Å²) in [7, 11) is 0. The molecule has 0 heterocycles. The Morgan fingerprint density at radius 1 is 0.667 bits per heavy atom. The van der Waals surface area contributed by atoms with Crippen molar-refractivity contribution in [1.82, 2.24) is 10.6 Å². The highest BCUT2D eigenvalue weighted by Crippen LogP contribution is 2.35. The molecule has 2 saturated carbocycles. The van der Waals surface area contributed by atoms with E-state index in [1.54, 1.807) is 0 Å². The first-order chi connectivity index (χ1) is 13.1. The predicted molar refractivity (Wildman–Crippen MR) is 112 cm³/mol. The minimum absolute atomic E-state index is 0.158. The van der Waals surface area contributed by atoms with E-state index in [2.05, 4.69) is 10.6 Å². The van der Waals surface area contributed by atoms with E-state index in [0.29, 0.717) is 36.7 Å². The number of alkyl halides is 2. The molecule has 0 radical (unpaired) electrons. The topological polar surface area (TPSA) is 58.2 Å². The minimum atomic E-state index is 0.158. The van der Waals surface area contributed by atoms with Gasteiger partial charge in [0.05, 0.1) is 0 Å². The van der Waals surface area contributed by atoms with Crippen LogP contribution in [-0.4, -0.2) is 35.7 Å². The van der Waals surface area contributed by atoms with Gasteiger partial charge in [0.1, 0.15) is 0 Å². The van der Waals surface area contributed by atoms with Gasteiger partial charge in [-0.15, -0.1) is 23.2 Å². The van der Waals surface area contributed by atoms with E-state index in [1.807, 2.05) is 0 Å². The van der Waals surface area contributed by atoms with Crippen molar-refractivity contribution in [2.24, 2.45) is 11.8 Å². The van der Waals surface area contributed by atoms with Crippen molar-refractivity contribution >= 4 is 35.0 Å². The lowest BCUT2D eigenvalue weighted by Gasteiger charge is -2.34. The lowest BCUT2D eigenvalue weighted by molar-refractivity contribution is -0.122. The number of nitrogens with one attached hydrogen (secondary N) is 2. The van der Waals surface area contributed by atoms with Gasteiger partial charge in [-0.1, -0.05) is 0 Å². The van der Waals surface area contributed by atoms with Crippen LogP contribution in [-0.2, 0) is 9.59 Å². The van der Waals surface area contributed by atoms with Gasteiger partial charge in [-0.25, -0.2) is 0 Å². The second-order valence-electron chi connectivity index (χ2n) is 8.39. The molecule has 0 atom stereocenters. The Hall–Kier alpha value is -0.480. The number of hydrogen-bond acceptors (Lipinski definition) is 2. The fourth-order valence-corrected chi connectivity index (χ4v) is 4.88. The van der Waals surface area contributed by atoms with Gasteiger partial charge < -0.3 is 10.6 Å². The maximum absolute atomic E-state index is 11.8. The van der Waals surface area contributed by atoms with Gasteiger partial charge >= 0.3 is 0 Å². The summed E-state index contributed by atoms with van der Waals surface area (Å²) >= 11 is 11.3. The zero-order valence-corrected chi connectivity index (χ0v) is 18.0.